The molecule has 1 atom stereocenters. The van der Waals surface area contributed by atoms with Gasteiger partial charge in [0.15, 0.2) is 6.10 Å². The van der Waals surface area contributed by atoms with Crippen LogP contribution in [0, 0.1) is 0 Å². The van der Waals surface area contributed by atoms with Gasteiger partial charge in [-0.1, -0.05) is 293 Å². The van der Waals surface area contributed by atoms with Gasteiger partial charge in [-0.15, -0.1) is 0 Å². The largest absolute Gasteiger partial charge is 0.462 e. The van der Waals surface area contributed by atoms with E-state index in [1.54, 1.807) is 0 Å². The lowest BCUT2D eigenvalue weighted by Crippen LogP contribution is -2.30. The summed E-state index contributed by atoms with van der Waals surface area (Å²) in [5.74, 6) is -0.925. The zero-order chi connectivity index (χ0) is 56.4. The second-order valence-electron chi connectivity index (χ2n) is 22.7. The zero-order valence-corrected chi connectivity index (χ0v) is 51.9. The number of unbranched alkanes of at least 4 members (excludes halogenated alkanes) is 39. The SMILES string of the molecule is CC/C=C\C/C=C\C/C=C\C/C=C\CCCCC(=O)OCC(COC(=O)CCCCCCCCCCCCCCCCCCC/C=C\CCCCCCCCCC)OC(=O)CCCCCCC/C=C\CCCCCCCCC. The summed E-state index contributed by atoms with van der Waals surface area (Å²) >= 11 is 0. The molecule has 0 spiro atoms. The van der Waals surface area contributed by atoms with Crippen molar-refractivity contribution in [1.29, 1.82) is 0 Å². The minimum atomic E-state index is -0.797. The van der Waals surface area contributed by atoms with E-state index < -0.39 is 6.10 Å². The van der Waals surface area contributed by atoms with Crippen LogP contribution in [0.3, 0.4) is 0 Å². The summed E-state index contributed by atoms with van der Waals surface area (Å²) in [4.78, 5) is 38.3. The highest BCUT2D eigenvalue weighted by Gasteiger charge is 2.19. The normalized spacial score (nSPS) is 12.5. The topological polar surface area (TPSA) is 78.9 Å². The first kappa shape index (κ1) is 74.8. The van der Waals surface area contributed by atoms with Crippen molar-refractivity contribution in [2.45, 2.75) is 354 Å². The van der Waals surface area contributed by atoms with E-state index in [-0.39, 0.29) is 31.1 Å². The van der Waals surface area contributed by atoms with Crippen molar-refractivity contribution in [3.63, 3.8) is 0 Å². The molecule has 0 saturated carbocycles. The Morgan fingerprint density at radius 2 is 0.500 bits per heavy atom. The van der Waals surface area contributed by atoms with Crippen molar-refractivity contribution < 1.29 is 28.6 Å². The summed E-state index contributed by atoms with van der Waals surface area (Å²) in [6, 6.07) is 0. The molecule has 0 N–H and O–H groups in total. The molecule has 452 valence electrons. The fourth-order valence-corrected chi connectivity index (χ4v) is 9.84. The lowest BCUT2D eigenvalue weighted by Gasteiger charge is -2.18. The third-order valence-electron chi connectivity index (χ3n) is 14.9. The highest BCUT2D eigenvalue weighted by molar-refractivity contribution is 5.71. The molecule has 0 radical (unpaired) electrons. The van der Waals surface area contributed by atoms with Crippen molar-refractivity contribution >= 4 is 17.9 Å². The van der Waals surface area contributed by atoms with E-state index in [0.29, 0.717) is 19.3 Å². The van der Waals surface area contributed by atoms with Crippen LogP contribution in [0.4, 0.5) is 0 Å². The molecular weight excluding hydrogens is 961 g/mol. The maximum absolute atomic E-state index is 12.9. The van der Waals surface area contributed by atoms with E-state index in [1.807, 2.05) is 0 Å². The maximum Gasteiger partial charge on any atom is 0.306 e. The smallest absolute Gasteiger partial charge is 0.306 e. The molecule has 0 aliphatic rings. The molecule has 0 aromatic rings. The predicted octanol–water partition coefficient (Wildman–Crippen LogP) is 23.3. The molecule has 6 nitrogen and oxygen atoms in total. The van der Waals surface area contributed by atoms with Crippen LogP contribution in [-0.2, 0) is 28.6 Å². The first-order valence-corrected chi connectivity index (χ1v) is 33.9. The standard InChI is InChI=1S/C72H128O6/c1-4-7-10-13-16-19-22-25-28-30-31-32-33-34-35-36-37-38-39-40-41-42-45-47-50-53-56-59-62-65-71(74)77-68-69(67-76-70(73)64-61-58-55-52-49-46-43-27-24-21-18-15-12-9-6-3)78-72(75)66-63-60-57-54-51-48-44-29-26-23-20-17-14-11-8-5-2/h9,12,18,21,27,29-31,43-44,49,52,69H,4-8,10-11,13-17,19-20,22-26,28,32-42,45-48,50-51,53-68H2,1-3H3/b12-9-,21-18-,31-30-,43-27-,44-29-,52-49-. The Morgan fingerprint density at radius 3 is 0.821 bits per heavy atom. The van der Waals surface area contributed by atoms with Crippen molar-refractivity contribution in [2.75, 3.05) is 13.2 Å². The van der Waals surface area contributed by atoms with E-state index >= 15 is 0 Å². The predicted molar refractivity (Wildman–Crippen MR) is 339 cm³/mol. The Labute approximate surface area is 484 Å². The van der Waals surface area contributed by atoms with Crippen molar-refractivity contribution in [2.24, 2.45) is 0 Å². The van der Waals surface area contributed by atoms with Crippen LogP contribution in [0.1, 0.15) is 348 Å². The number of esters is 3. The van der Waals surface area contributed by atoms with Crippen LogP contribution in [-0.4, -0.2) is 37.2 Å². The summed E-state index contributed by atoms with van der Waals surface area (Å²) in [5.41, 5.74) is 0. The van der Waals surface area contributed by atoms with Crippen molar-refractivity contribution in [1.82, 2.24) is 0 Å². The number of allylic oxidation sites excluding steroid dienone is 12. The average Bonchev–Trinajstić information content (AvgIpc) is 3.44. The molecule has 0 aliphatic heterocycles. The summed E-state index contributed by atoms with van der Waals surface area (Å²) in [5, 5.41) is 0. The summed E-state index contributed by atoms with van der Waals surface area (Å²) in [7, 11) is 0. The number of hydrogen-bond donors (Lipinski definition) is 0. The Morgan fingerprint density at radius 1 is 0.269 bits per heavy atom. The molecule has 0 saturated heterocycles. The van der Waals surface area contributed by atoms with Crippen molar-refractivity contribution in [3.05, 3.63) is 72.9 Å². The summed E-state index contributed by atoms with van der Waals surface area (Å²) in [6.07, 6.45) is 86.5. The molecule has 0 aromatic carbocycles. The van der Waals surface area contributed by atoms with Gasteiger partial charge < -0.3 is 14.2 Å². The quantitative estimate of drug-likeness (QED) is 0.0261. The van der Waals surface area contributed by atoms with Crippen LogP contribution in [0.25, 0.3) is 0 Å². The molecule has 0 fully saturated rings. The average molecular weight is 1090 g/mol. The van der Waals surface area contributed by atoms with Gasteiger partial charge in [0.05, 0.1) is 0 Å². The first-order chi connectivity index (χ1) is 38.5. The molecule has 0 bridgehead atoms. The molecule has 0 rings (SSSR count). The molecule has 78 heavy (non-hydrogen) atoms. The van der Waals surface area contributed by atoms with Crippen LogP contribution in [0.5, 0.6) is 0 Å². The van der Waals surface area contributed by atoms with Gasteiger partial charge in [0.2, 0.25) is 0 Å². The van der Waals surface area contributed by atoms with E-state index in [0.717, 1.165) is 96.3 Å². The molecule has 0 aliphatic carbocycles. The Hall–Kier alpha value is -3.15. The lowest BCUT2D eigenvalue weighted by atomic mass is 10.0. The number of ether oxygens (including phenoxy) is 3. The summed E-state index contributed by atoms with van der Waals surface area (Å²) < 4.78 is 16.9. The Balaban J connectivity index is 4.25. The lowest BCUT2D eigenvalue weighted by molar-refractivity contribution is -0.167. The van der Waals surface area contributed by atoms with E-state index in [4.69, 9.17) is 14.2 Å². The number of hydrogen-bond acceptors (Lipinski definition) is 6. The molecule has 0 aromatic heterocycles. The van der Waals surface area contributed by atoms with E-state index in [9.17, 15) is 14.4 Å². The summed E-state index contributed by atoms with van der Waals surface area (Å²) in [6.45, 7) is 6.52. The molecular formula is C72H128O6. The molecule has 0 heterocycles. The van der Waals surface area contributed by atoms with Gasteiger partial charge in [0.25, 0.3) is 0 Å². The molecule has 1 unspecified atom stereocenters. The third kappa shape index (κ3) is 63.7. The van der Waals surface area contributed by atoms with Crippen LogP contribution < -0.4 is 0 Å². The monoisotopic (exact) mass is 1090 g/mol. The fraction of sp³-hybridized carbons (Fsp3) is 0.792. The number of carbonyl (C=O) groups is 3. The van der Waals surface area contributed by atoms with Gasteiger partial charge in [0, 0.05) is 19.3 Å². The van der Waals surface area contributed by atoms with Gasteiger partial charge in [-0.05, 0) is 109 Å². The van der Waals surface area contributed by atoms with Gasteiger partial charge in [-0.3, -0.25) is 14.4 Å². The molecule has 0 amide bonds. The van der Waals surface area contributed by atoms with Crippen LogP contribution >= 0.6 is 0 Å². The first-order valence-electron chi connectivity index (χ1n) is 33.9. The minimum absolute atomic E-state index is 0.0894. The Kier molecular flexibility index (Phi) is 63.7. The zero-order valence-electron chi connectivity index (χ0n) is 51.9. The van der Waals surface area contributed by atoms with Gasteiger partial charge >= 0.3 is 17.9 Å². The second kappa shape index (κ2) is 66.4. The third-order valence-corrected chi connectivity index (χ3v) is 14.9. The number of carbonyl (C=O) groups excluding carboxylic acids is 3. The fourth-order valence-electron chi connectivity index (χ4n) is 9.84. The van der Waals surface area contributed by atoms with Crippen molar-refractivity contribution in [3.8, 4) is 0 Å². The van der Waals surface area contributed by atoms with Crippen LogP contribution in [0.15, 0.2) is 72.9 Å². The minimum Gasteiger partial charge on any atom is -0.462 e. The molecule has 6 heteroatoms. The van der Waals surface area contributed by atoms with Gasteiger partial charge in [0.1, 0.15) is 13.2 Å². The maximum atomic E-state index is 12.9. The van der Waals surface area contributed by atoms with E-state index in [1.165, 1.54) is 212 Å². The highest BCUT2D eigenvalue weighted by atomic mass is 16.6. The van der Waals surface area contributed by atoms with Gasteiger partial charge in [-0.2, -0.15) is 0 Å². The second-order valence-corrected chi connectivity index (χ2v) is 22.7. The Bertz CT molecular complexity index is 1440. The van der Waals surface area contributed by atoms with E-state index in [2.05, 4.69) is 93.7 Å². The highest BCUT2D eigenvalue weighted by Crippen LogP contribution is 2.17. The van der Waals surface area contributed by atoms with Gasteiger partial charge in [-0.25, -0.2) is 0 Å². The van der Waals surface area contributed by atoms with Crippen LogP contribution in [0.2, 0.25) is 0 Å². The number of rotatable bonds is 62.